The molecular formula is C23H29F3O. The van der Waals surface area contributed by atoms with Crippen molar-refractivity contribution in [1.82, 2.24) is 0 Å². The highest BCUT2D eigenvalue weighted by atomic mass is 19.4. The Balaban J connectivity index is 1.46. The highest BCUT2D eigenvalue weighted by Crippen LogP contribution is 2.41. The second-order valence-electron chi connectivity index (χ2n) is 8.14. The molecule has 2 aliphatic carbocycles. The fourth-order valence-electron chi connectivity index (χ4n) is 4.73. The molecule has 0 spiro atoms. The molecule has 0 heterocycles. The number of ether oxygens (including phenoxy) is 1. The fraction of sp³-hybridized carbons (Fsp3) is 0.652. The van der Waals surface area contributed by atoms with Gasteiger partial charge in [-0.15, -0.1) is 13.2 Å². The molecule has 0 amide bonds. The lowest BCUT2D eigenvalue weighted by Gasteiger charge is -2.36. The van der Waals surface area contributed by atoms with Crippen LogP contribution >= 0.6 is 0 Å². The normalized spacial score (nSPS) is 28.9. The van der Waals surface area contributed by atoms with E-state index in [2.05, 4.69) is 23.5 Å². The van der Waals surface area contributed by atoms with E-state index in [9.17, 15) is 13.2 Å². The van der Waals surface area contributed by atoms with Gasteiger partial charge in [0.25, 0.3) is 0 Å². The smallest absolute Gasteiger partial charge is 0.406 e. The lowest BCUT2D eigenvalue weighted by Crippen LogP contribution is -2.25. The number of benzene rings is 1. The van der Waals surface area contributed by atoms with Crippen LogP contribution < -0.4 is 4.74 Å². The van der Waals surface area contributed by atoms with Crippen LogP contribution in [-0.2, 0) is 0 Å². The predicted octanol–water partition coefficient (Wildman–Crippen LogP) is 6.96. The van der Waals surface area contributed by atoms with Gasteiger partial charge in [-0.3, -0.25) is 0 Å². The van der Waals surface area contributed by atoms with Crippen LogP contribution in [0.2, 0.25) is 0 Å². The maximum Gasteiger partial charge on any atom is 0.573 e. The first-order chi connectivity index (χ1) is 12.9. The monoisotopic (exact) mass is 378 g/mol. The van der Waals surface area contributed by atoms with E-state index in [0.717, 1.165) is 36.2 Å². The molecule has 27 heavy (non-hydrogen) atoms. The summed E-state index contributed by atoms with van der Waals surface area (Å²) in [5.41, 5.74) is 0.740. The molecule has 0 aromatic heterocycles. The molecule has 0 aliphatic heterocycles. The first-order valence-corrected chi connectivity index (χ1v) is 10.3. The van der Waals surface area contributed by atoms with Crippen LogP contribution in [0.15, 0.2) is 24.3 Å². The minimum absolute atomic E-state index is 0.202. The Kier molecular flexibility index (Phi) is 6.73. The molecule has 0 N–H and O–H groups in total. The third kappa shape index (κ3) is 6.19. The molecule has 0 atom stereocenters. The lowest BCUT2D eigenvalue weighted by molar-refractivity contribution is -0.274. The fourth-order valence-corrected chi connectivity index (χ4v) is 4.73. The van der Waals surface area contributed by atoms with Crippen LogP contribution in [0, 0.1) is 35.5 Å². The Morgan fingerprint density at radius 1 is 0.889 bits per heavy atom. The molecule has 2 fully saturated rings. The van der Waals surface area contributed by atoms with Crippen LogP contribution in [0.1, 0.15) is 70.3 Å². The van der Waals surface area contributed by atoms with Gasteiger partial charge in [0, 0.05) is 11.5 Å². The van der Waals surface area contributed by atoms with E-state index in [1.807, 2.05) is 0 Å². The second-order valence-corrected chi connectivity index (χ2v) is 8.14. The summed E-state index contributed by atoms with van der Waals surface area (Å²) < 4.78 is 40.4. The number of rotatable bonds is 3. The molecule has 2 aliphatic rings. The maximum absolute atomic E-state index is 12.2. The highest BCUT2D eigenvalue weighted by molar-refractivity contribution is 5.38. The average Bonchev–Trinajstić information content (AvgIpc) is 2.67. The standard InChI is InChI=1S/C23H29F3O/c1-2-17-5-11-20(12-6-17)21-13-7-18(8-14-21)3-4-19-9-15-22(16-10-19)27-23(24,25)26/h9-10,15-18,20-21H,2,5-8,11-14H2,1H3/t17-,18?,20-,21?. The summed E-state index contributed by atoms with van der Waals surface area (Å²) in [6, 6.07) is 5.82. The quantitative estimate of drug-likeness (QED) is 0.517. The summed E-state index contributed by atoms with van der Waals surface area (Å²) in [5, 5.41) is 0. The summed E-state index contributed by atoms with van der Waals surface area (Å²) in [7, 11) is 0. The Labute approximate surface area is 160 Å². The SMILES string of the molecule is CC[C@H]1CC[C@H](C2CCC(C#Cc3ccc(OC(F)(F)F)cc3)CC2)CC1. The van der Waals surface area contributed by atoms with Crippen molar-refractivity contribution in [3.63, 3.8) is 0 Å². The number of halogens is 3. The summed E-state index contributed by atoms with van der Waals surface area (Å²) in [4.78, 5) is 0. The van der Waals surface area contributed by atoms with E-state index >= 15 is 0 Å². The average molecular weight is 378 g/mol. The molecule has 4 heteroatoms. The first kappa shape index (κ1) is 20.1. The Morgan fingerprint density at radius 3 is 1.96 bits per heavy atom. The van der Waals surface area contributed by atoms with Gasteiger partial charge in [-0.25, -0.2) is 0 Å². The van der Waals surface area contributed by atoms with Crippen LogP contribution in [0.25, 0.3) is 0 Å². The molecule has 1 nitrogen and oxygen atoms in total. The zero-order valence-corrected chi connectivity index (χ0v) is 16.0. The molecule has 1 aromatic rings. The van der Waals surface area contributed by atoms with E-state index in [1.165, 1.54) is 57.1 Å². The van der Waals surface area contributed by atoms with E-state index < -0.39 is 6.36 Å². The Morgan fingerprint density at radius 2 is 1.44 bits per heavy atom. The van der Waals surface area contributed by atoms with Crippen molar-refractivity contribution in [3.8, 4) is 17.6 Å². The number of hydrogen-bond acceptors (Lipinski definition) is 1. The topological polar surface area (TPSA) is 9.23 Å². The lowest BCUT2D eigenvalue weighted by atomic mass is 9.69. The summed E-state index contributed by atoms with van der Waals surface area (Å²) in [6.07, 6.45) is 7.18. The van der Waals surface area contributed by atoms with Gasteiger partial charge in [0.05, 0.1) is 0 Å². The van der Waals surface area contributed by atoms with Crippen LogP contribution in [0.4, 0.5) is 13.2 Å². The van der Waals surface area contributed by atoms with Gasteiger partial charge in [-0.2, -0.15) is 0 Å². The molecule has 0 bridgehead atoms. The maximum atomic E-state index is 12.2. The van der Waals surface area contributed by atoms with E-state index in [4.69, 9.17) is 0 Å². The number of alkyl halides is 3. The van der Waals surface area contributed by atoms with Gasteiger partial charge in [0.2, 0.25) is 0 Å². The minimum Gasteiger partial charge on any atom is -0.406 e. The second kappa shape index (κ2) is 9.04. The zero-order valence-electron chi connectivity index (χ0n) is 16.0. The Bertz CT molecular complexity index is 637. The van der Waals surface area contributed by atoms with Crippen LogP contribution in [0.5, 0.6) is 5.75 Å². The van der Waals surface area contributed by atoms with E-state index in [1.54, 1.807) is 12.1 Å². The molecule has 2 saturated carbocycles. The molecule has 148 valence electrons. The molecule has 3 rings (SSSR count). The van der Waals surface area contributed by atoms with Gasteiger partial charge < -0.3 is 4.74 Å². The predicted molar refractivity (Wildman–Crippen MR) is 101 cm³/mol. The molecule has 0 saturated heterocycles. The first-order valence-electron chi connectivity index (χ1n) is 10.3. The van der Waals surface area contributed by atoms with E-state index in [-0.39, 0.29) is 5.75 Å². The Hall–Kier alpha value is -1.63. The van der Waals surface area contributed by atoms with Gasteiger partial charge in [0.1, 0.15) is 5.75 Å². The summed E-state index contributed by atoms with van der Waals surface area (Å²) in [6.45, 7) is 2.31. The van der Waals surface area contributed by atoms with Crippen LogP contribution in [-0.4, -0.2) is 6.36 Å². The molecule has 1 aromatic carbocycles. The van der Waals surface area contributed by atoms with Gasteiger partial charge in [-0.05, 0) is 80.5 Å². The van der Waals surface area contributed by atoms with Crippen molar-refractivity contribution in [3.05, 3.63) is 29.8 Å². The summed E-state index contributed by atoms with van der Waals surface area (Å²) >= 11 is 0. The summed E-state index contributed by atoms with van der Waals surface area (Å²) in [5.74, 6) is 9.42. The minimum atomic E-state index is -4.65. The molecule has 0 unspecified atom stereocenters. The van der Waals surface area contributed by atoms with Gasteiger partial charge >= 0.3 is 6.36 Å². The van der Waals surface area contributed by atoms with Crippen molar-refractivity contribution >= 4 is 0 Å². The zero-order chi connectivity index (χ0) is 19.3. The third-order valence-corrected chi connectivity index (χ3v) is 6.42. The largest absolute Gasteiger partial charge is 0.573 e. The molecular weight excluding hydrogens is 349 g/mol. The van der Waals surface area contributed by atoms with E-state index in [0.29, 0.717) is 5.92 Å². The van der Waals surface area contributed by atoms with Crippen molar-refractivity contribution < 1.29 is 17.9 Å². The van der Waals surface area contributed by atoms with Crippen molar-refractivity contribution in [2.24, 2.45) is 23.7 Å². The van der Waals surface area contributed by atoms with Crippen LogP contribution in [0.3, 0.4) is 0 Å². The third-order valence-electron chi connectivity index (χ3n) is 6.42. The van der Waals surface area contributed by atoms with Gasteiger partial charge in [-0.1, -0.05) is 38.0 Å². The molecule has 0 radical (unpaired) electrons. The number of hydrogen-bond donors (Lipinski definition) is 0. The van der Waals surface area contributed by atoms with Crippen molar-refractivity contribution in [2.45, 2.75) is 71.1 Å². The van der Waals surface area contributed by atoms with Crippen molar-refractivity contribution in [1.29, 1.82) is 0 Å². The van der Waals surface area contributed by atoms with Gasteiger partial charge in [0.15, 0.2) is 0 Å². The highest BCUT2D eigenvalue weighted by Gasteiger charge is 2.31. The van der Waals surface area contributed by atoms with Crippen molar-refractivity contribution in [2.75, 3.05) is 0 Å².